The van der Waals surface area contributed by atoms with Gasteiger partial charge < -0.3 is 19.7 Å². The number of anilines is 1. The molecule has 0 aromatic heterocycles. The third kappa shape index (κ3) is 6.15. The number of para-hydroxylation sites is 2. The Labute approximate surface area is 167 Å². The van der Waals surface area contributed by atoms with Crippen LogP contribution in [-0.2, 0) is 17.6 Å². The standard InChI is InChI=1S/C21H26N2O3.ClH/c1-23(2)11-13-26-20-8-4-3-7-18(20)22-21(24)15-16-9-10-19-17(14-16)6-5-12-25-19;/h3-4,7-10,14H,5-6,11-13,15H2,1-2H3,(H,22,24);1H. The van der Waals surface area contributed by atoms with Crippen LogP contribution in [0.1, 0.15) is 17.5 Å². The normalized spacial score (nSPS) is 12.6. The highest BCUT2D eigenvalue weighted by molar-refractivity contribution is 5.93. The van der Waals surface area contributed by atoms with E-state index in [0.717, 1.165) is 37.3 Å². The summed E-state index contributed by atoms with van der Waals surface area (Å²) in [4.78, 5) is 14.5. The summed E-state index contributed by atoms with van der Waals surface area (Å²) in [7, 11) is 4.00. The molecule has 27 heavy (non-hydrogen) atoms. The van der Waals surface area contributed by atoms with Gasteiger partial charge in [-0.25, -0.2) is 0 Å². The maximum absolute atomic E-state index is 12.5. The monoisotopic (exact) mass is 390 g/mol. The van der Waals surface area contributed by atoms with E-state index in [1.165, 1.54) is 5.56 Å². The molecule has 1 amide bonds. The second-order valence-corrected chi connectivity index (χ2v) is 6.77. The van der Waals surface area contributed by atoms with Crippen LogP contribution in [0, 0.1) is 0 Å². The van der Waals surface area contributed by atoms with E-state index in [1.807, 2.05) is 50.5 Å². The smallest absolute Gasteiger partial charge is 0.228 e. The summed E-state index contributed by atoms with van der Waals surface area (Å²) in [5, 5.41) is 2.97. The molecule has 0 bridgehead atoms. The van der Waals surface area contributed by atoms with Crippen molar-refractivity contribution in [3.8, 4) is 11.5 Å². The van der Waals surface area contributed by atoms with Gasteiger partial charge in [-0.05, 0) is 56.3 Å². The molecule has 0 saturated carbocycles. The first-order valence-electron chi connectivity index (χ1n) is 9.03. The first kappa shape index (κ1) is 21.1. The van der Waals surface area contributed by atoms with Crippen molar-refractivity contribution in [2.75, 3.05) is 39.2 Å². The number of benzene rings is 2. The molecular formula is C21H27ClN2O3. The van der Waals surface area contributed by atoms with Crippen LogP contribution in [0.15, 0.2) is 42.5 Å². The molecule has 0 unspecified atom stereocenters. The topological polar surface area (TPSA) is 50.8 Å². The number of likely N-dealkylation sites (N-methyl/N-ethyl adjacent to an activating group) is 1. The van der Waals surface area contributed by atoms with Gasteiger partial charge in [-0.3, -0.25) is 4.79 Å². The predicted molar refractivity (Wildman–Crippen MR) is 110 cm³/mol. The average Bonchev–Trinajstić information content (AvgIpc) is 2.63. The van der Waals surface area contributed by atoms with Gasteiger partial charge in [0, 0.05) is 6.54 Å². The van der Waals surface area contributed by atoms with Gasteiger partial charge in [0.1, 0.15) is 18.1 Å². The first-order valence-corrected chi connectivity index (χ1v) is 9.03. The number of hydrogen-bond acceptors (Lipinski definition) is 4. The molecule has 1 aliphatic rings. The first-order chi connectivity index (χ1) is 12.6. The Kier molecular flexibility index (Phi) is 7.95. The van der Waals surface area contributed by atoms with Crippen LogP contribution in [0.4, 0.5) is 5.69 Å². The molecule has 2 aromatic rings. The number of aryl methyl sites for hydroxylation is 1. The molecule has 0 fully saturated rings. The van der Waals surface area contributed by atoms with Gasteiger partial charge in [0.05, 0.1) is 18.7 Å². The zero-order valence-electron chi connectivity index (χ0n) is 15.9. The molecular weight excluding hydrogens is 364 g/mol. The molecule has 0 spiro atoms. The van der Waals surface area contributed by atoms with Gasteiger partial charge in [-0.15, -0.1) is 12.4 Å². The summed E-state index contributed by atoms with van der Waals surface area (Å²) in [6, 6.07) is 13.5. The number of fused-ring (bicyclic) bond motifs is 1. The Morgan fingerprint density at radius 1 is 1.22 bits per heavy atom. The zero-order valence-corrected chi connectivity index (χ0v) is 16.7. The summed E-state index contributed by atoms with van der Waals surface area (Å²) < 4.78 is 11.4. The second kappa shape index (κ2) is 10.2. The van der Waals surface area contributed by atoms with E-state index in [-0.39, 0.29) is 18.3 Å². The summed E-state index contributed by atoms with van der Waals surface area (Å²) in [6.45, 7) is 2.17. The summed E-state index contributed by atoms with van der Waals surface area (Å²) in [6.07, 6.45) is 2.37. The SMILES string of the molecule is CN(C)CCOc1ccccc1NC(=O)Cc1ccc2c(c1)CCCO2.Cl. The highest BCUT2D eigenvalue weighted by Gasteiger charge is 2.13. The Morgan fingerprint density at radius 2 is 2.04 bits per heavy atom. The van der Waals surface area contributed by atoms with Gasteiger partial charge in [-0.1, -0.05) is 24.3 Å². The maximum atomic E-state index is 12.5. The third-order valence-electron chi connectivity index (χ3n) is 4.29. The van der Waals surface area contributed by atoms with Crippen LogP contribution in [0.25, 0.3) is 0 Å². The summed E-state index contributed by atoms with van der Waals surface area (Å²) in [5.74, 6) is 1.59. The number of ether oxygens (including phenoxy) is 2. The summed E-state index contributed by atoms with van der Waals surface area (Å²) >= 11 is 0. The van der Waals surface area contributed by atoms with Gasteiger partial charge in [0.2, 0.25) is 5.91 Å². The number of halogens is 1. The van der Waals surface area contributed by atoms with E-state index in [2.05, 4.69) is 16.3 Å². The highest BCUT2D eigenvalue weighted by atomic mass is 35.5. The van der Waals surface area contributed by atoms with Crippen molar-refractivity contribution >= 4 is 24.0 Å². The van der Waals surface area contributed by atoms with Crippen LogP contribution < -0.4 is 14.8 Å². The minimum atomic E-state index is -0.0506. The van der Waals surface area contributed by atoms with Crippen molar-refractivity contribution in [2.45, 2.75) is 19.3 Å². The minimum Gasteiger partial charge on any atom is -0.493 e. The van der Waals surface area contributed by atoms with Crippen molar-refractivity contribution in [1.29, 1.82) is 0 Å². The van der Waals surface area contributed by atoms with E-state index in [1.54, 1.807) is 0 Å². The largest absolute Gasteiger partial charge is 0.493 e. The molecule has 1 heterocycles. The Bertz CT molecular complexity index is 765. The molecule has 1 aliphatic heterocycles. The van der Waals surface area contributed by atoms with E-state index >= 15 is 0 Å². The Morgan fingerprint density at radius 3 is 2.85 bits per heavy atom. The Hall–Kier alpha value is -2.24. The fraction of sp³-hybridized carbons (Fsp3) is 0.381. The molecule has 0 radical (unpaired) electrons. The zero-order chi connectivity index (χ0) is 18.4. The van der Waals surface area contributed by atoms with Crippen LogP contribution in [0.5, 0.6) is 11.5 Å². The maximum Gasteiger partial charge on any atom is 0.228 e. The quantitative estimate of drug-likeness (QED) is 0.785. The number of hydrogen-bond donors (Lipinski definition) is 1. The molecule has 0 saturated heterocycles. The number of amides is 1. The molecule has 0 atom stereocenters. The average molecular weight is 391 g/mol. The predicted octanol–water partition coefficient (Wildman–Crippen LogP) is 3.56. The van der Waals surface area contributed by atoms with Crippen molar-refractivity contribution in [3.63, 3.8) is 0 Å². The van der Waals surface area contributed by atoms with E-state index in [4.69, 9.17) is 9.47 Å². The van der Waals surface area contributed by atoms with Crippen molar-refractivity contribution < 1.29 is 14.3 Å². The number of nitrogens with zero attached hydrogens (tertiary/aromatic N) is 1. The Balaban J connectivity index is 0.00000261. The van der Waals surface area contributed by atoms with Gasteiger partial charge in [-0.2, -0.15) is 0 Å². The fourth-order valence-electron chi connectivity index (χ4n) is 2.94. The highest BCUT2D eigenvalue weighted by Crippen LogP contribution is 2.27. The van der Waals surface area contributed by atoms with E-state index < -0.39 is 0 Å². The van der Waals surface area contributed by atoms with Crippen LogP contribution in [0.2, 0.25) is 0 Å². The number of carbonyl (C=O) groups is 1. The van der Waals surface area contributed by atoms with Gasteiger partial charge in [0.25, 0.3) is 0 Å². The number of rotatable bonds is 7. The molecule has 6 heteroatoms. The van der Waals surface area contributed by atoms with Crippen molar-refractivity contribution in [3.05, 3.63) is 53.6 Å². The van der Waals surface area contributed by atoms with Crippen molar-refractivity contribution in [2.24, 2.45) is 0 Å². The lowest BCUT2D eigenvalue weighted by Gasteiger charge is -2.18. The van der Waals surface area contributed by atoms with Crippen LogP contribution >= 0.6 is 12.4 Å². The minimum absolute atomic E-state index is 0. The summed E-state index contributed by atoms with van der Waals surface area (Å²) in [5.41, 5.74) is 2.89. The third-order valence-corrected chi connectivity index (χ3v) is 4.29. The van der Waals surface area contributed by atoms with Crippen LogP contribution in [0.3, 0.4) is 0 Å². The second-order valence-electron chi connectivity index (χ2n) is 6.77. The lowest BCUT2D eigenvalue weighted by atomic mass is 10.0. The van der Waals surface area contributed by atoms with Crippen molar-refractivity contribution in [1.82, 2.24) is 4.90 Å². The number of carbonyl (C=O) groups excluding carboxylic acids is 1. The molecule has 146 valence electrons. The molecule has 3 rings (SSSR count). The van der Waals surface area contributed by atoms with E-state index in [9.17, 15) is 4.79 Å². The molecule has 0 aliphatic carbocycles. The lowest BCUT2D eigenvalue weighted by Crippen LogP contribution is -2.20. The molecule has 5 nitrogen and oxygen atoms in total. The molecule has 2 aromatic carbocycles. The van der Waals surface area contributed by atoms with Crippen LogP contribution in [-0.4, -0.2) is 44.7 Å². The van der Waals surface area contributed by atoms with Gasteiger partial charge in [0.15, 0.2) is 0 Å². The molecule has 1 N–H and O–H groups in total. The fourth-order valence-corrected chi connectivity index (χ4v) is 2.94. The lowest BCUT2D eigenvalue weighted by molar-refractivity contribution is -0.115. The van der Waals surface area contributed by atoms with Gasteiger partial charge >= 0.3 is 0 Å². The van der Waals surface area contributed by atoms with E-state index in [0.29, 0.717) is 24.5 Å². The number of nitrogens with one attached hydrogen (secondary N) is 1.